The lowest BCUT2D eigenvalue weighted by molar-refractivity contribution is -0.137. The standard InChI is InChI=1S/C12H15F3O/c1-9(8-16)5-6-10-3-2-4-11(7-10)12(13,14)15/h2-4,7,9,16H,5-6,8H2,1H3. The average molecular weight is 232 g/mol. The van der Waals surface area contributed by atoms with Crippen molar-refractivity contribution in [2.75, 3.05) is 6.61 Å². The first-order valence-electron chi connectivity index (χ1n) is 5.20. The average Bonchev–Trinajstić information content (AvgIpc) is 2.25. The van der Waals surface area contributed by atoms with Gasteiger partial charge in [-0.05, 0) is 30.4 Å². The van der Waals surface area contributed by atoms with Crippen molar-refractivity contribution in [1.82, 2.24) is 0 Å². The predicted octanol–water partition coefficient (Wildman–Crippen LogP) is 3.27. The van der Waals surface area contributed by atoms with E-state index in [1.54, 1.807) is 6.07 Å². The fourth-order valence-corrected chi connectivity index (χ4v) is 1.41. The van der Waals surface area contributed by atoms with Crippen molar-refractivity contribution in [2.45, 2.75) is 25.9 Å². The minimum atomic E-state index is -4.28. The van der Waals surface area contributed by atoms with Crippen LogP contribution in [-0.2, 0) is 12.6 Å². The molecule has 4 heteroatoms. The molecule has 0 aliphatic rings. The summed E-state index contributed by atoms with van der Waals surface area (Å²) in [6.07, 6.45) is -3.03. The first-order chi connectivity index (χ1) is 7.43. The zero-order chi connectivity index (χ0) is 12.2. The molecular formula is C12H15F3O. The molecule has 0 amide bonds. The molecule has 0 fully saturated rings. The molecule has 0 heterocycles. The number of hydrogen-bond acceptors (Lipinski definition) is 1. The Morgan fingerprint density at radius 1 is 1.31 bits per heavy atom. The van der Waals surface area contributed by atoms with Gasteiger partial charge in [0.1, 0.15) is 0 Å². The molecule has 0 aromatic heterocycles. The zero-order valence-electron chi connectivity index (χ0n) is 9.09. The van der Waals surface area contributed by atoms with Gasteiger partial charge in [0.2, 0.25) is 0 Å². The van der Waals surface area contributed by atoms with Crippen LogP contribution in [0.15, 0.2) is 24.3 Å². The molecule has 1 rings (SSSR count). The maximum absolute atomic E-state index is 12.4. The monoisotopic (exact) mass is 232 g/mol. The molecule has 1 aromatic carbocycles. The van der Waals surface area contributed by atoms with Crippen molar-refractivity contribution in [3.8, 4) is 0 Å². The fourth-order valence-electron chi connectivity index (χ4n) is 1.41. The van der Waals surface area contributed by atoms with Crippen LogP contribution in [-0.4, -0.2) is 11.7 Å². The largest absolute Gasteiger partial charge is 0.416 e. The lowest BCUT2D eigenvalue weighted by atomic mass is 10.0. The van der Waals surface area contributed by atoms with E-state index in [1.165, 1.54) is 12.1 Å². The van der Waals surface area contributed by atoms with Crippen LogP contribution in [0.25, 0.3) is 0 Å². The summed E-state index contributed by atoms with van der Waals surface area (Å²) in [7, 11) is 0. The molecule has 0 aliphatic heterocycles. The third-order valence-corrected chi connectivity index (χ3v) is 2.49. The second-order valence-corrected chi connectivity index (χ2v) is 4.02. The summed E-state index contributed by atoms with van der Waals surface area (Å²) >= 11 is 0. The van der Waals surface area contributed by atoms with Crippen molar-refractivity contribution in [3.05, 3.63) is 35.4 Å². The summed E-state index contributed by atoms with van der Waals surface area (Å²) in [4.78, 5) is 0. The van der Waals surface area contributed by atoms with Crippen LogP contribution in [0.4, 0.5) is 13.2 Å². The van der Waals surface area contributed by atoms with Gasteiger partial charge in [0, 0.05) is 6.61 Å². The molecule has 0 aliphatic carbocycles. The van der Waals surface area contributed by atoms with Gasteiger partial charge in [-0.2, -0.15) is 13.2 Å². The van der Waals surface area contributed by atoms with Crippen LogP contribution in [0.2, 0.25) is 0 Å². The highest BCUT2D eigenvalue weighted by Gasteiger charge is 2.30. The molecule has 1 N–H and O–H groups in total. The van der Waals surface area contributed by atoms with E-state index in [4.69, 9.17) is 5.11 Å². The predicted molar refractivity (Wildman–Crippen MR) is 56.0 cm³/mol. The van der Waals surface area contributed by atoms with E-state index in [-0.39, 0.29) is 12.5 Å². The molecule has 1 nitrogen and oxygen atoms in total. The molecule has 0 saturated heterocycles. The third kappa shape index (κ3) is 3.85. The van der Waals surface area contributed by atoms with E-state index < -0.39 is 11.7 Å². The SMILES string of the molecule is CC(CO)CCc1cccc(C(F)(F)F)c1. The number of rotatable bonds is 4. The number of alkyl halides is 3. The van der Waals surface area contributed by atoms with Crippen LogP contribution >= 0.6 is 0 Å². The van der Waals surface area contributed by atoms with E-state index in [2.05, 4.69) is 0 Å². The number of aryl methyl sites for hydroxylation is 1. The maximum atomic E-state index is 12.4. The minimum absolute atomic E-state index is 0.0684. The van der Waals surface area contributed by atoms with Crippen molar-refractivity contribution < 1.29 is 18.3 Å². The number of aliphatic hydroxyl groups excluding tert-OH is 1. The molecule has 0 saturated carbocycles. The van der Waals surface area contributed by atoms with Crippen molar-refractivity contribution >= 4 is 0 Å². The summed E-state index contributed by atoms with van der Waals surface area (Å²) in [6, 6.07) is 5.34. The fraction of sp³-hybridized carbons (Fsp3) is 0.500. The number of halogens is 3. The van der Waals surface area contributed by atoms with E-state index in [0.29, 0.717) is 18.4 Å². The topological polar surface area (TPSA) is 20.2 Å². The number of hydrogen-bond donors (Lipinski definition) is 1. The quantitative estimate of drug-likeness (QED) is 0.844. The smallest absolute Gasteiger partial charge is 0.396 e. The Morgan fingerprint density at radius 3 is 2.56 bits per heavy atom. The molecular weight excluding hydrogens is 217 g/mol. The number of benzene rings is 1. The van der Waals surface area contributed by atoms with Gasteiger partial charge in [0.05, 0.1) is 5.56 Å². The van der Waals surface area contributed by atoms with Gasteiger partial charge >= 0.3 is 6.18 Å². The zero-order valence-corrected chi connectivity index (χ0v) is 9.09. The highest BCUT2D eigenvalue weighted by molar-refractivity contribution is 5.25. The van der Waals surface area contributed by atoms with Gasteiger partial charge in [0.15, 0.2) is 0 Å². The van der Waals surface area contributed by atoms with Crippen LogP contribution in [0, 0.1) is 5.92 Å². The second kappa shape index (κ2) is 5.34. The van der Waals surface area contributed by atoms with Crippen molar-refractivity contribution in [1.29, 1.82) is 0 Å². The Morgan fingerprint density at radius 2 is 2.00 bits per heavy atom. The van der Waals surface area contributed by atoms with Crippen molar-refractivity contribution in [3.63, 3.8) is 0 Å². The summed E-state index contributed by atoms with van der Waals surface area (Å²) < 4.78 is 37.2. The van der Waals surface area contributed by atoms with Crippen LogP contribution in [0.5, 0.6) is 0 Å². The van der Waals surface area contributed by atoms with E-state index in [1.807, 2.05) is 6.92 Å². The Bertz CT molecular complexity index is 333. The van der Waals surface area contributed by atoms with Gasteiger partial charge in [-0.25, -0.2) is 0 Å². The van der Waals surface area contributed by atoms with E-state index in [0.717, 1.165) is 6.07 Å². The van der Waals surface area contributed by atoms with Gasteiger partial charge in [-0.3, -0.25) is 0 Å². The van der Waals surface area contributed by atoms with E-state index in [9.17, 15) is 13.2 Å². The summed E-state index contributed by atoms with van der Waals surface area (Å²) in [5, 5.41) is 8.82. The molecule has 0 bridgehead atoms. The first kappa shape index (κ1) is 13.0. The molecule has 1 atom stereocenters. The Labute approximate surface area is 92.9 Å². The molecule has 16 heavy (non-hydrogen) atoms. The molecule has 0 spiro atoms. The minimum Gasteiger partial charge on any atom is -0.396 e. The maximum Gasteiger partial charge on any atom is 0.416 e. The van der Waals surface area contributed by atoms with Gasteiger partial charge in [-0.15, -0.1) is 0 Å². The van der Waals surface area contributed by atoms with Gasteiger partial charge < -0.3 is 5.11 Å². The normalized spacial score (nSPS) is 13.8. The van der Waals surface area contributed by atoms with Crippen LogP contribution < -0.4 is 0 Å². The Kier molecular flexibility index (Phi) is 4.35. The summed E-state index contributed by atoms with van der Waals surface area (Å²) in [6.45, 7) is 1.94. The van der Waals surface area contributed by atoms with Crippen molar-refractivity contribution in [2.24, 2.45) is 5.92 Å². The lowest BCUT2D eigenvalue weighted by Gasteiger charge is -2.10. The first-order valence-corrected chi connectivity index (χ1v) is 5.20. The molecule has 0 radical (unpaired) electrons. The highest BCUT2D eigenvalue weighted by Crippen LogP contribution is 2.29. The number of aliphatic hydroxyl groups is 1. The van der Waals surface area contributed by atoms with E-state index >= 15 is 0 Å². The van der Waals surface area contributed by atoms with Crippen LogP contribution in [0.1, 0.15) is 24.5 Å². The second-order valence-electron chi connectivity index (χ2n) is 4.02. The van der Waals surface area contributed by atoms with Crippen LogP contribution in [0.3, 0.4) is 0 Å². The Hall–Kier alpha value is -1.03. The highest BCUT2D eigenvalue weighted by atomic mass is 19.4. The lowest BCUT2D eigenvalue weighted by Crippen LogP contribution is -2.06. The molecule has 90 valence electrons. The Balaban J connectivity index is 2.68. The summed E-state index contributed by atoms with van der Waals surface area (Å²) in [5.41, 5.74) is 0.0526. The van der Waals surface area contributed by atoms with Gasteiger partial charge in [0.25, 0.3) is 0 Å². The third-order valence-electron chi connectivity index (χ3n) is 2.49. The summed E-state index contributed by atoms with van der Waals surface area (Å²) in [5.74, 6) is 0.120. The molecule has 1 unspecified atom stereocenters. The van der Waals surface area contributed by atoms with Gasteiger partial charge in [-0.1, -0.05) is 25.1 Å². The molecule has 1 aromatic rings.